The van der Waals surface area contributed by atoms with Gasteiger partial charge in [-0.1, -0.05) is 37.6 Å². The number of benzene rings is 1. The lowest BCUT2D eigenvalue weighted by Crippen LogP contribution is -2.41. The lowest BCUT2D eigenvalue weighted by molar-refractivity contribution is -0.119. The first-order valence-electron chi connectivity index (χ1n) is 10.1. The summed E-state index contributed by atoms with van der Waals surface area (Å²) in [4.78, 5) is 12.3. The lowest BCUT2D eigenvalue weighted by atomic mass is 9.86. The van der Waals surface area contributed by atoms with E-state index in [1.54, 1.807) is 7.11 Å². The summed E-state index contributed by atoms with van der Waals surface area (Å²) in [5, 5.41) is 12.3. The maximum Gasteiger partial charge on any atom is 0.230 e. The number of amides is 1. The van der Waals surface area contributed by atoms with Gasteiger partial charge in [-0.05, 0) is 43.4 Å². The van der Waals surface area contributed by atoms with Crippen molar-refractivity contribution in [2.75, 3.05) is 12.9 Å². The second kappa shape index (κ2) is 10.0. The van der Waals surface area contributed by atoms with Gasteiger partial charge in [0.05, 0.1) is 12.9 Å². The first kappa shape index (κ1) is 21.5. The summed E-state index contributed by atoms with van der Waals surface area (Å²) in [5.41, 5.74) is 1.10. The van der Waals surface area contributed by atoms with E-state index in [0.717, 1.165) is 12.0 Å². The molecule has 1 saturated carbocycles. The van der Waals surface area contributed by atoms with Crippen molar-refractivity contribution >= 4 is 17.7 Å². The van der Waals surface area contributed by atoms with Crippen LogP contribution < -0.4 is 14.8 Å². The van der Waals surface area contributed by atoms with Gasteiger partial charge in [0.2, 0.25) is 5.91 Å². The Morgan fingerprint density at radius 1 is 1.28 bits per heavy atom. The van der Waals surface area contributed by atoms with Crippen molar-refractivity contribution in [3.05, 3.63) is 29.6 Å². The molecular formula is C21H30N4O3S. The zero-order valence-electron chi connectivity index (χ0n) is 17.6. The second-order valence-corrected chi connectivity index (χ2v) is 8.57. The summed E-state index contributed by atoms with van der Waals surface area (Å²) < 4.78 is 13.1. The molecule has 1 amide bonds. The fourth-order valence-corrected chi connectivity index (χ4v) is 4.28. The highest BCUT2D eigenvalue weighted by Crippen LogP contribution is 2.28. The summed E-state index contributed by atoms with van der Waals surface area (Å²) in [5.74, 6) is 2.99. The second-order valence-electron chi connectivity index (χ2n) is 7.63. The number of hydrogen-bond acceptors (Lipinski definition) is 6. The van der Waals surface area contributed by atoms with E-state index in [-0.39, 0.29) is 12.5 Å². The van der Waals surface area contributed by atoms with Crippen LogP contribution in [0.3, 0.4) is 0 Å². The number of nitrogens with one attached hydrogen (secondary N) is 1. The van der Waals surface area contributed by atoms with E-state index in [0.29, 0.717) is 40.2 Å². The van der Waals surface area contributed by atoms with Crippen LogP contribution in [0.15, 0.2) is 23.4 Å². The van der Waals surface area contributed by atoms with Gasteiger partial charge in [-0.15, -0.1) is 10.2 Å². The molecule has 2 atom stereocenters. The zero-order valence-corrected chi connectivity index (χ0v) is 18.4. The van der Waals surface area contributed by atoms with Gasteiger partial charge in [0.15, 0.2) is 22.5 Å². The van der Waals surface area contributed by atoms with E-state index >= 15 is 0 Å². The minimum Gasteiger partial charge on any atom is -0.493 e. The Kier molecular flexibility index (Phi) is 7.41. The highest BCUT2D eigenvalue weighted by molar-refractivity contribution is 7.99. The Morgan fingerprint density at radius 3 is 2.83 bits per heavy atom. The van der Waals surface area contributed by atoms with Crippen LogP contribution in [0.25, 0.3) is 0 Å². The molecule has 0 radical (unpaired) electrons. The van der Waals surface area contributed by atoms with Gasteiger partial charge in [0, 0.05) is 13.1 Å². The monoisotopic (exact) mass is 418 g/mol. The molecule has 158 valence electrons. The molecule has 0 bridgehead atoms. The topological polar surface area (TPSA) is 78.3 Å². The molecule has 29 heavy (non-hydrogen) atoms. The van der Waals surface area contributed by atoms with E-state index in [2.05, 4.69) is 22.4 Å². The fraction of sp³-hybridized carbons (Fsp3) is 0.571. The third kappa shape index (κ3) is 5.65. The smallest absolute Gasteiger partial charge is 0.230 e. The molecule has 1 aliphatic rings. The first-order chi connectivity index (χ1) is 14.0. The number of thioether (sulfide) groups is 1. The van der Waals surface area contributed by atoms with Crippen molar-refractivity contribution in [3.63, 3.8) is 0 Å². The minimum absolute atomic E-state index is 0.0546. The van der Waals surface area contributed by atoms with Crippen molar-refractivity contribution < 1.29 is 14.3 Å². The lowest BCUT2D eigenvalue weighted by Gasteiger charge is -2.29. The number of rotatable bonds is 8. The number of aryl methyl sites for hydroxylation is 1. The van der Waals surface area contributed by atoms with Crippen molar-refractivity contribution in [1.29, 1.82) is 0 Å². The largest absolute Gasteiger partial charge is 0.493 e. The number of carbonyl (C=O) groups is 1. The number of hydrogen-bond donors (Lipinski definition) is 1. The van der Waals surface area contributed by atoms with Crippen molar-refractivity contribution in [2.45, 2.75) is 57.3 Å². The molecule has 2 aromatic rings. The SMILES string of the molecule is COc1cc(C)ccc1OCc1nnc(SCC(=O)N[C@@H]2CCCC[C@H]2C)n1C. The molecule has 0 spiro atoms. The van der Waals surface area contributed by atoms with Gasteiger partial charge in [-0.2, -0.15) is 0 Å². The van der Waals surface area contributed by atoms with Crippen LogP contribution in [0.5, 0.6) is 11.5 Å². The van der Waals surface area contributed by atoms with Gasteiger partial charge < -0.3 is 19.4 Å². The molecule has 7 nitrogen and oxygen atoms in total. The average molecular weight is 419 g/mol. The molecule has 0 aliphatic heterocycles. The van der Waals surface area contributed by atoms with E-state index < -0.39 is 0 Å². The molecule has 0 saturated heterocycles. The first-order valence-corrected chi connectivity index (χ1v) is 11.0. The summed E-state index contributed by atoms with van der Waals surface area (Å²) in [6, 6.07) is 6.09. The average Bonchev–Trinajstić information content (AvgIpc) is 3.06. The van der Waals surface area contributed by atoms with E-state index in [1.807, 2.05) is 36.7 Å². The molecule has 1 fully saturated rings. The Balaban J connectivity index is 1.52. The Labute approximate surface area is 176 Å². The summed E-state index contributed by atoms with van der Waals surface area (Å²) >= 11 is 1.39. The maximum atomic E-state index is 12.3. The van der Waals surface area contributed by atoms with Crippen LogP contribution in [0.1, 0.15) is 44.0 Å². The van der Waals surface area contributed by atoms with Crippen LogP contribution in [0.2, 0.25) is 0 Å². The fourth-order valence-electron chi connectivity index (χ4n) is 3.54. The molecule has 1 aromatic heterocycles. The predicted octanol–water partition coefficient (Wildman–Crippen LogP) is 3.50. The maximum absolute atomic E-state index is 12.3. The Bertz CT molecular complexity index is 839. The van der Waals surface area contributed by atoms with Crippen LogP contribution >= 0.6 is 11.8 Å². The molecule has 8 heteroatoms. The molecule has 1 aliphatic carbocycles. The van der Waals surface area contributed by atoms with Crippen molar-refractivity contribution in [3.8, 4) is 11.5 Å². The van der Waals surface area contributed by atoms with E-state index in [1.165, 1.54) is 31.0 Å². The quantitative estimate of drug-likeness (QED) is 0.661. The van der Waals surface area contributed by atoms with Gasteiger partial charge in [-0.25, -0.2) is 0 Å². The normalized spacial score (nSPS) is 19.0. The van der Waals surface area contributed by atoms with Crippen LogP contribution in [-0.4, -0.2) is 39.6 Å². The molecule has 0 unspecified atom stereocenters. The Hall–Kier alpha value is -2.22. The highest BCUT2D eigenvalue weighted by atomic mass is 32.2. The summed E-state index contributed by atoms with van der Waals surface area (Å²) in [6.45, 7) is 4.49. The molecular weight excluding hydrogens is 388 g/mol. The number of methoxy groups -OCH3 is 1. The molecule has 3 rings (SSSR count). The summed E-state index contributed by atoms with van der Waals surface area (Å²) in [6.07, 6.45) is 4.73. The van der Waals surface area contributed by atoms with E-state index in [4.69, 9.17) is 9.47 Å². The molecule has 1 aromatic carbocycles. The van der Waals surface area contributed by atoms with Gasteiger partial charge in [-0.3, -0.25) is 4.79 Å². The Morgan fingerprint density at radius 2 is 2.07 bits per heavy atom. The molecule has 1 N–H and O–H groups in total. The summed E-state index contributed by atoms with van der Waals surface area (Å²) in [7, 11) is 3.51. The predicted molar refractivity (Wildman–Crippen MR) is 113 cm³/mol. The number of aromatic nitrogens is 3. The molecule has 1 heterocycles. The minimum atomic E-state index is 0.0546. The number of carbonyl (C=O) groups excluding carboxylic acids is 1. The third-order valence-electron chi connectivity index (χ3n) is 5.39. The van der Waals surface area contributed by atoms with Gasteiger partial charge >= 0.3 is 0 Å². The van der Waals surface area contributed by atoms with Crippen LogP contribution in [-0.2, 0) is 18.4 Å². The van der Waals surface area contributed by atoms with Crippen molar-refractivity contribution in [1.82, 2.24) is 20.1 Å². The highest BCUT2D eigenvalue weighted by Gasteiger charge is 2.23. The van der Waals surface area contributed by atoms with Gasteiger partial charge in [0.1, 0.15) is 6.61 Å². The van der Waals surface area contributed by atoms with Crippen LogP contribution in [0, 0.1) is 12.8 Å². The third-order valence-corrected chi connectivity index (χ3v) is 6.41. The number of ether oxygens (including phenoxy) is 2. The number of nitrogens with zero attached hydrogens (tertiary/aromatic N) is 3. The van der Waals surface area contributed by atoms with E-state index in [9.17, 15) is 4.79 Å². The van der Waals surface area contributed by atoms with Crippen LogP contribution in [0.4, 0.5) is 0 Å². The van der Waals surface area contributed by atoms with Gasteiger partial charge in [0.25, 0.3) is 0 Å². The van der Waals surface area contributed by atoms with Crippen molar-refractivity contribution in [2.24, 2.45) is 13.0 Å². The standard InChI is InChI=1S/C21H30N4O3S/c1-14-9-10-17(18(11-14)27-4)28-12-19-23-24-21(25(19)3)29-13-20(26)22-16-8-6-5-7-15(16)2/h9-11,15-16H,5-8,12-13H2,1-4H3,(H,22,26)/t15-,16-/m1/s1. The zero-order chi connectivity index (χ0) is 20.8.